The molecule has 0 heterocycles. The van der Waals surface area contributed by atoms with Gasteiger partial charge in [-0.2, -0.15) is 0 Å². The molecule has 0 radical (unpaired) electrons. The second kappa shape index (κ2) is 23.7. The molecule has 0 aromatic carbocycles. The van der Waals surface area contributed by atoms with Gasteiger partial charge in [-0.25, -0.2) is 0 Å². The van der Waals surface area contributed by atoms with Crippen LogP contribution < -0.4 is 11.5 Å². The molecule has 0 aliphatic heterocycles. The third-order valence-electron chi connectivity index (χ3n) is 9.27. The van der Waals surface area contributed by atoms with Gasteiger partial charge in [0.1, 0.15) is 11.8 Å². The van der Waals surface area contributed by atoms with E-state index in [0.29, 0.717) is 18.6 Å². The highest BCUT2D eigenvalue weighted by molar-refractivity contribution is 6.60. The molecule has 43 heavy (non-hydrogen) atoms. The molecule has 0 spiro atoms. The standard InChI is InChI=1S/C27H66N2O10Si4/c1-30-24(31-2)40-19-11-15-26(23-28,16-12-20-41-25(32-3)33-4)27(29,17-13-21-42(34-5,35-6)36-7)18-14-22-43(37-8,38-9)39-10/h24-25H,11-23,28-29,40-41H2,1-10H3. The zero-order chi connectivity index (χ0) is 32.8. The largest absolute Gasteiger partial charge is 0.500 e. The first-order valence-electron chi connectivity index (χ1n) is 15.5. The lowest BCUT2D eigenvalue weighted by Crippen LogP contribution is -2.59. The SMILES string of the molecule is COC(OC)[SiH2]CCCC(CN)(CCC[SiH2]C(OC)OC)C(N)(CCC[Si](OC)(OC)OC)CCC[Si](OC)(OC)OC. The van der Waals surface area contributed by atoms with Crippen LogP contribution in [-0.2, 0) is 45.5 Å². The van der Waals surface area contributed by atoms with Crippen LogP contribution in [0.25, 0.3) is 0 Å². The van der Waals surface area contributed by atoms with Crippen molar-refractivity contribution in [2.45, 2.75) is 92.9 Å². The predicted octanol–water partition coefficient (Wildman–Crippen LogP) is 1.83. The fourth-order valence-corrected chi connectivity index (χ4v) is 12.4. The van der Waals surface area contributed by atoms with Crippen LogP contribution in [0.15, 0.2) is 0 Å². The summed E-state index contributed by atoms with van der Waals surface area (Å²) in [6.07, 6.45) is 7.07. The molecule has 0 fully saturated rings. The minimum absolute atomic E-state index is 0.0774. The molecule has 0 aromatic heterocycles. The average Bonchev–Trinajstić information content (AvgIpc) is 3.04. The molecular formula is C27H66N2O10Si4. The predicted molar refractivity (Wildman–Crippen MR) is 181 cm³/mol. The molecule has 0 aliphatic carbocycles. The molecule has 12 nitrogen and oxygen atoms in total. The molecule has 0 saturated carbocycles. The number of rotatable bonds is 30. The van der Waals surface area contributed by atoms with Crippen LogP contribution in [-0.4, -0.2) is 132 Å². The summed E-state index contributed by atoms with van der Waals surface area (Å²) in [5.74, 6) is -0.155. The molecule has 0 rings (SSSR count). The van der Waals surface area contributed by atoms with Gasteiger partial charge in [-0.3, -0.25) is 0 Å². The summed E-state index contributed by atoms with van der Waals surface area (Å²) in [7, 11) is 10.1. The topological polar surface area (TPSA) is 144 Å². The van der Waals surface area contributed by atoms with Crippen molar-refractivity contribution in [2.24, 2.45) is 16.9 Å². The van der Waals surface area contributed by atoms with E-state index in [-0.39, 0.29) is 17.2 Å². The van der Waals surface area contributed by atoms with E-state index in [9.17, 15) is 0 Å². The quantitative estimate of drug-likeness (QED) is 0.0645. The van der Waals surface area contributed by atoms with E-state index in [2.05, 4.69) is 0 Å². The first-order valence-corrected chi connectivity index (χ1v) is 23.0. The Labute approximate surface area is 269 Å². The van der Waals surface area contributed by atoms with Gasteiger partial charge in [0, 0.05) is 94.1 Å². The highest BCUT2D eigenvalue weighted by Gasteiger charge is 2.48. The molecule has 260 valence electrons. The van der Waals surface area contributed by atoms with Gasteiger partial charge in [0.2, 0.25) is 0 Å². The smallest absolute Gasteiger partial charge is 0.377 e. The maximum absolute atomic E-state index is 7.61. The molecule has 0 saturated heterocycles. The maximum atomic E-state index is 7.61. The fraction of sp³-hybridized carbons (Fsp3) is 1.00. The Hall–Kier alpha value is 0.388. The second-order valence-electron chi connectivity index (χ2n) is 11.2. The van der Waals surface area contributed by atoms with E-state index in [1.165, 1.54) is 0 Å². The number of hydrogen-bond donors (Lipinski definition) is 2. The van der Waals surface area contributed by atoms with E-state index in [4.69, 9.17) is 57.0 Å². The maximum Gasteiger partial charge on any atom is 0.500 e. The lowest BCUT2D eigenvalue weighted by Gasteiger charge is -2.50. The van der Waals surface area contributed by atoms with E-state index >= 15 is 0 Å². The first kappa shape index (κ1) is 43.4. The molecule has 0 aliphatic rings. The monoisotopic (exact) mass is 690 g/mol. The van der Waals surface area contributed by atoms with Crippen molar-refractivity contribution in [2.75, 3.05) is 77.6 Å². The van der Waals surface area contributed by atoms with Crippen LogP contribution >= 0.6 is 0 Å². The van der Waals surface area contributed by atoms with Crippen LogP contribution in [0.2, 0.25) is 24.2 Å². The van der Waals surface area contributed by atoms with Gasteiger partial charge in [0.15, 0.2) is 0 Å². The van der Waals surface area contributed by atoms with Gasteiger partial charge >= 0.3 is 17.6 Å². The van der Waals surface area contributed by atoms with Crippen LogP contribution in [0.5, 0.6) is 0 Å². The number of hydrogen-bond acceptors (Lipinski definition) is 12. The first-order chi connectivity index (χ1) is 20.6. The molecule has 0 bridgehead atoms. The summed E-state index contributed by atoms with van der Waals surface area (Å²) >= 11 is 0. The van der Waals surface area contributed by atoms with Crippen LogP contribution in [0, 0.1) is 5.41 Å². The number of ether oxygens (including phenoxy) is 4. The highest BCUT2D eigenvalue weighted by Crippen LogP contribution is 2.46. The van der Waals surface area contributed by atoms with E-state index in [1.807, 2.05) is 0 Å². The lowest BCUT2D eigenvalue weighted by atomic mass is 9.61. The van der Waals surface area contributed by atoms with Crippen molar-refractivity contribution >= 4 is 36.6 Å². The normalized spacial score (nSPS) is 15.2. The Morgan fingerprint density at radius 3 is 1.12 bits per heavy atom. The van der Waals surface area contributed by atoms with Gasteiger partial charge in [-0.1, -0.05) is 24.9 Å². The summed E-state index contributed by atoms with van der Waals surface area (Å²) in [6.45, 7) is 0.505. The molecule has 0 aromatic rings. The van der Waals surface area contributed by atoms with E-state index in [0.717, 1.165) is 63.5 Å². The van der Waals surface area contributed by atoms with Gasteiger partial charge in [-0.05, 0) is 45.1 Å². The van der Waals surface area contributed by atoms with Crippen molar-refractivity contribution in [3.63, 3.8) is 0 Å². The molecule has 4 N–H and O–H groups in total. The molecule has 16 heteroatoms. The summed E-state index contributed by atoms with van der Waals surface area (Å²) in [5, 5.41) is 0. The van der Waals surface area contributed by atoms with E-state index < -0.39 is 42.2 Å². The zero-order valence-electron chi connectivity index (χ0n) is 29.0. The Bertz CT molecular complexity index is 611. The molecule has 0 amide bonds. The van der Waals surface area contributed by atoms with Crippen molar-refractivity contribution in [1.29, 1.82) is 0 Å². The Balaban J connectivity index is 6.23. The summed E-state index contributed by atoms with van der Waals surface area (Å²) in [6, 6.07) is 3.54. The molecular weight excluding hydrogens is 625 g/mol. The minimum Gasteiger partial charge on any atom is -0.377 e. The van der Waals surface area contributed by atoms with Crippen LogP contribution in [0.3, 0.4) is 0 Å². The third kappa shape index (κ3) is 14.0. The lowest BCUT2D eigenvalue weighted by molar-refractivity contribution is -0.0442. The molecule has 0 atom stereocenters. The number of nitrogens with two attached hydrogens (primary N) is 2. The summed E-state index contributed by atoms with van der Waals surface area (Å²) < 4.78 is 56.3. The van der Waals surface area contributed by atoms with Crippen molar-refractivity contribution in [1.82, 2.24) is 0 Å². The van der Waals surface area contributed by atoms with Gasteiger partial charge < -0.3 is 57.0 Å². The Morgan fingerprint density at radius 1 is 0.535 bits per heavy atom. The second-order valence-corrected chi connectivity index (χ2v) is 21.3. The minimum atomic E-state index is -2.75. The Morgan fingerprint density at radius 2 is 0.860 bits per heavy atom. The zero-order valence-corrected chi connectivity index (χ0v) is 33.8. The van der Waals surface area contributed by atoms with Crippen molar-refractivity contribution in [3.8, 4) is 0 Å². The number of methoxy groups -OCH3 is 4. The van der Waals surface area contributed by atoms with Gasteiger partial charge in [0.05, 0.1) is 19.0 Å². The fourth-order valence-electron chi connectivity index (χ4n) is 6.25. The van der Waals surface area contributed by atoms with Crippen LogP contribution in [0.4, 0.5) is 0 Å². The average molecular weight is 691 g/mol. The third-order valence-corrected chi connectivity index (χ3v) is 19.0. The Kier molecular flexibility index (Phi) is 23.9. The summed E-state index contributed by atoms with van der Waals surface area (Å²) in [4.78, 5) is 0. The highest BCUT2D eigenvalue weighted by atomic mass is 28.4. The van der Waals surface area contributed by atoms with E-state index in [1.54, 1.807) is 71.1 Å². The van der Waals surface area contributed by atoms with Crippen LogP contribution in [0.1, 0.15) is 51.4 Å². The van der Waals surface area contributed by atoms with Crippen molar-refractivity contribution in [3.05, 3.63) is 0 Å². The van der Waals surface area contributed by atoms with Crippen molar-refractivity contribution < 1.29 is 45.5 Å². The molecule has 0 unspecified atom stereocenters. The van der Waals surface area contributed by atoms with Gasteiger partial charge in [-0.15, -0.1) is 0 Å². The van der Waals surface area contributed by atoms with Gasteiger partial charge in [0.25, 0.3) is 0 Å². The summed E-state index contributed by atoms with van der Waals surface area (Å²) in [5.41, 5.74) is 13.6.